The fourth-order valence-electron chi connectivity index (χ4n) is 5.24. The number of hydrogen-bond donors (Lipinski definition) is 3. The van der Waals surface area contributed by atoms with Crippen molar-refractivity contribution < 1.29 is 15.3 Å². The van der Waals surface area contributed by atoms with Gasteiger partial charge in [0, 0.05) is 23.1 Å². The number of rotatable bonds is 0. The van der Waals surface area contributed by atoms with Gasteiger partial charge in [-0.15, -0.1) is 0 Å². The predicted molar refractivity (Wildman–Crippen MR) is 93.9 cm³/mol. The summed E-state index contributed by atoms with van der Waals surface area (Å²) in [7, 11) is 0. The van der Waals surface area contributed by atoms with E-state index in [1.807, 2.05) is 12.1 Å². The molecule has 1 aromatic carbocycles. The SMILES string of the molecule is CC(C)(C)N1CCC2CC(O)C=C3c4c(ccc(O)c4O)CC1C32. The van der Waals surface area contributed by atoms with Crippen LogP contribution in [0.4, 0.5) is 0 Å². The molecule has 4 heteroatoms. The van der Waals surface area contributed by atoms with Gasteiger partial charge in [-0.05, 0) is 69.7 Å². The molecule has 0 saturated carbocycles. The molecule has 0 amide bonds. The van der Waals surface area contributed by atoms with Crippen LogP contribution in [0.2, 0.25) is 0 Å². The summed E-state index contributed by atoms with van der Waals surface area (Å²) in [5.41, 5.74) is 2.96. The van der Waals surface area contributed by atoms with Gasteiger partial charge < -0.3 is 15.3 Å². The number of aliphatic hydroxyl groups is 1. The highest BCUT2D eigenvalue weighted by Crippen LogP contribution is 2.53. The van der Waals surface area contributed by atoms with E-state index in [0.29, 0.717) is 17.9 Å². The van der Waals surface area contributed by atoms with Crippen LogP contribution in [0.5, 0.6) is 11.5 Å². The van der Waals surface area contributed by atoms with Gasteiger partial charge in [0.05, 0.1) is 6.10 Å². The Kier molecular flexibility index (Phi) is 3.49. The minimum atomic E-state index is -0.462. The van der Waals surface area contributed by atoms with Crippen LogP contribution in [0.1, 0.15) is 44.7 Å². The molecule has 0 bridgehead atoms. The molecule has 0 radical (unpaired) electrons. The third-order valence-corrected chi connectivity index (χ3v) is 6.16. The Hall–Kier alpha value is -1.52. The summed E-state index contributed by atoms with van der Waals surface area (Å²) in [4.78, 5) is 2.59. The second kappa shape index (κ2) is 5.24. The standard InChI is InChI=1S/C20H27NO3/c1-20(2,3)21-7-6-12-8-13(22)10-14-17(12)15(21)9-11-4-5-16(23)19(24)18(11)14/h4-5,10,12-13,15,17,22-24H,6-9H2,1-3H3. The summed E-state index contributed by atoms with van der Waals surface area (Å²) in [5.74, 6) is 0.659. The van der Waals surface area contributed by atoms with Gasteiger partial charge in [0.15, 0.2) is 11.5 Å². The zero-order chi connectivity index (χ0) is 17.2. The third-order valence-electron chi connectivity index (χ3n) is 6.16. The summed E-state index contributed by atoms with van der Waals surface area (Å²) in [5, 5.41) is 30.8. The van der Waals surface area contributed by atoms with Crippen molar-refractivity contribution in [1.82, 2.24) is 4.90 Å². The first-order valence-electron chi connectivity index (χ1n) is 8.98. The molecule has 1 aromatic rings. The average molecular weight is 329 g/mol. The number of phenols is 2. The van der Waals surface area contributed by atoms with Crippen LogP contribution in [-0.2, 0) is 6.42 Å². The van der Waals surface area contributed by atoms with Crippen molar-refractivity contribution in [2.75, 3.05) is 6.54 Å². The van der Waals surface area contributed by atoms with Crippen molar-refractivity contribution in [3.05, 3.63) is 29.3 Å². The molecule has 4 atom stereocenters. The van der Waals surface area contributed by atoms with Gasteiger partial charge in [0.25, 0.3) is 0 Å². The Morgan fingerprint density at radius 3 is 2.62 bits per heavy atom. The highest BCUT2D eigenvalue weighted by Gasteiger charge is 2.49. The van der Waals surface area contributed by atoms with E-state index in [1.165, 1.54) is 0 Å². The van der Waals surface area contributed by atoms with Crippen LogP contribution in [-0.4, -0.2) is 44.4 Å². The molecule has 2 aliphatic carbocycles. The molecule has 0 aromatic heterocycles. The van der Waals surface area contributed by atoms with Crippen molar-refractivity contribution in [3.63, 3.8) is 0 Å². The molecule has 3 aliphatic rings. The van der Waals surface area contributed by atoms with E-state index < -0.39 is 6.10 Å². The minimum absolute atomic E-state index is 0.0297. The topological polar surface area (TPSA) is 63.9 Å². The number of hydrogen-bond acceptors (Lipinski definition) is 4. The maximum absolute atomic E-state index is 10.5. The average Bonchev–Trinajstić information content (AvgIpc) is 2.49. The second-order valence-corrected chi connectivity index (χ2v) is 8.60. The Morgan fingerprint density at radius 2 is 1.92 bits per heavy atom. The molecule has 4 unspecified atom stereocenters. The predicted octanol–water partition coefficient (Wildman–Crippen LogP) is 2.91. The molecule has 1 saturated heterocycles. The van der Waals surface area contributed by atoms with E-state index >= 15 is 0 Å². The summed E-state index contributed by atoms with van der Waals surface area (Å²) >= 11 is 0. The Morgan fingerprint density at radius 1 is 1.17 bits per heavy atom. The Bertz CT molecular complexity index is 704. The van der Waals surface area contributed by atoms with E-state index in [0.717, 1.165) is 42.5 Å². The molecule has 4 nitrogen and oxygen atoms in total. The lowest BCUT2D eigenvalue weighted by molar-refractivity contribution is -0.0103. The first-order chi connectivity index (χ1) is 11.3. The zero-order valence-electron chi connectivity index (χ0n) is 14.7. The number of likely N-dealkylation sites (tertiary alicyclic amines) is 1. The summed E-state index contributed by atoms with van der Waals surface area (Å²) in [6.45, 7) is 7.84. The zero-order valence-corrected chi connectivity index (χ0v) is 14.7. The Labute approximate surface area is 143 Å². The Balaban J connectivity index is 1.89. The van der Waals surface area contributed by atoms with Gasteiger partial charge in [-0.3, -0.25) is 4.90 Å². The lowest BCUT2D eigenvalue weighted by Crippen LogP contribution is -2.59. The van der Waals surface area contributed by atoms with Gasteiger partial charge in [0.1, 0.15) is 0 Å². The number of phenolic OH excluding ortho intramolecular Hbond substituents is 2. The number of benzene rings is 1. The van der Waals surface area contributed by atoms with Gasteiger partial charge >= 0.3 is 0 Å². The van der Waals surface area contributed by atoms with E-state index in [9.17, 15) is 15.3 Å². The number of nitrogens with zero attached hydrogens (tertiary/aromatic N) is 1. The molecule has 1 heterocycles. The molecule has 24 heavy (non-hydrogen) atoms. The maximum Gasteiger partial charge on any atom is 0.165 e. The third kappa shape index (κ3) is 2.27. The molecular weight excluding hydrogens is 302 g/mol. The first-order valence-corrected chi connectivity index (χ1v) is 8.98. The number of fused-ring (bicyclic) bond motifs is 2. The van der Waals surface area contributed by atoms with Gasteiger partial charge in [-0.25, -0.2) is 0 Å². The van der Waals surface area contributed by atoms with Gasteiger partial charge in [0.2, 0.25) is 0 Å². The molecule has 1 aliphatic heterocycles. The lowest BCUT2D eigenvalue weighted by atomic mass is 9.62. The molecular formula is C20H27NO3. The molecule has 0 spiro atoms. The fraction of sp³-hybridized carbons (Fsp3) is 0.600. The summed E-state index contributed by atoms with van der Waals surface area (Å²) in [6.07, 6.45) is 4.21. The molecule has 4 rings (SSSR count). The lowest BCUT2D eigenvalue weighted by Gasteiger charge is -2.55. The van der Waals surface area contributed by atoms with E-state index in [2.05, 4.69) is 25.7 Å². The van der Waals surface area contributed by atoms with E-state index in [4.69, 9.17) is 0 Å². The fourth-order valence-corrected chi connectivity index (χ4v) is 5.24. The van der Waals surface area contributed by atoms with Crippen LogP contribution in [0.25, 0.3) is 5.57 Å². The summed E-state index contributed by atoms with van der Waals surface area (Å²) < 4.78 is 0. The second-order valence-electron chi connectivity index (χ2n) is 8.60. The largest absolute Gasteiger partial charge is 0.504 e. The normalized spacial score (nSPS) is 32.8. The van der Waals surface area contributed by atoms with Crippen molar-refractivity contribution in [3.8, 4) is 11.5 Å². The van der Waals surface area contributed by atoms with Gasteiger partial charge in [-0.1, -0.05) is 12.1 Å². The van der Waals surface area contributed by atoms with Crippen molar-refractivity contribution in [1.29, 1.82) is 0 Å². The smallest absolute Gasteiger partial charge is 0.165 e. The highest BCUT2D eigenvalue weighted by molar-refractivity contribution is 5.80. The van der Waals surface area contributed by atoms with Crippen LogP contribution in [0, 0.1) is 11.8 Å². The quantitative estimate of drug-likeness (QED) is 0.641. The molecule has 1 fully saturated rings. The first kappa shape index (κ1) is 16.0. The van der Waals surface area contributed by atoms with Crippen molar-refractivity contribution >= 4 is 5.57 Å². The van der Waals surface area contributed by atoms with E-state index in [1.54, 1.807) is 6.07 Å². The molecule has 130 valence electrons. The highest BCUT2D eigenvalue weighted by atomic mass is 16.3. The number of aromatic hydroxyl groups is 2. The van der Waals surface area contributed by atoms with Crippen LogP contribution in [0.3, 0.4) is 0 Å². The van der Waals surface area contributed by atoms with Crippen LogP contribution < -0.4 is 0 Å². The maximum atomic E-state index is 10.5. The van der Waals surface area contributed by atoms with Crippen molar-refractivity contribution in [2.24, 2.45) is 11.8 Å². The van der Waals surface area contributed by atoms with Crippen LogP contribution >= 0.6 is 0 Å². The monoisotopic (exact) mass is 329 g/mol. The van der Waals surface area contributed by atoms with Gasteiger partial charge in [-0.2, -0.15) is 0 Å². The van der Waals surface area contributed by atoms with E-state index in [-0.39, 0.29) is 17.0 Å². The summed E-state index contributed by atoms with van der Waals surface area (Å²) in [6, 6.07) is 3.89. The number of aliphatic hydroxyl groups excluding tert-OH is 1. The van der Waals surface area contributed by atoms with Crippen molar-refractivity contribution in [2.45, 2.75) is 57.7 Å². The molecule has 3 N–H and O–H groups in total. The van der Waals surface area contributed by atoms with Crippen LogP contribution in [0.15, 0.2) is 18.2 Å². The minimum Gasteiger partial charge on any atom is -0.504 e. The number of piperidine rings is 1.